The first kappa shape index (κ1) is 26.5. The number of H-pyrrole nitrogens is 1. The number of ether oxygens (including phenoxy) is 2. The lowest BCUT2D eigenvalue weighted by Crippen LogP contribution is -2.28. The van der Waals surface area contributed by atoms with Crippen LogP contribution in [0.15, 0.2) is 52.6 Å². The van der Waals surface area contributed by atoms with Crippen molar-refractivity contribution in [3.63, 3.8) is 0 Å². The molecule has 0 bridgehead atoms. The van der Waals surface area contributed by atoms with Gasteiger partial charge in [-0.25, -0.2) is 4.98 Å². The second-order valence-corrected chi connectivity index (χ2v) is 11.9. The number of rotatable bonds is 12. The molecule has 0 aliphatic carbocycles. The second kappa shape index (κ2) is 11.6. The summed E-state index contributed by atoms with van der Waals surface area (Å²) in [5.41, 5.74) is 2.04. The van der Waals surface area contributed by atoms with Crippen molar-refractivity contribution in [2.45, 2.75) is 23.6 Å². The molecule has 0 amide bonds. The van der Waals surface area contributed by atoms with Crippen molar-refractivity contribution in [3.8, 4) is 5.75 Å². The maximum absolute atomic E-state index is 13.4. The molecule has 1 N–H and O–H groups in total. The third kappa shape index (κ3) is 5.86. The zero-order valence-electron chi connectivity index (χ0n) is 21.1. The van der Waals surface area contributed by atoms with Crippen LogP contribution < -0.4 is 9.04 Å². The number of anilines is 1. The van der Waals surface area contributed by atoms with Gasteiger partial charge < -0.3 is 19.4 Å². The van der Waals surface area contributed by atoms with E-state index in [1.807, 2.05) is 12.1 Å². The van der Waals surface area contributed by atoms with Crippen molar-refractivity contribution in [2.24, 2.45) is 4.99 Å². The number of fused-ring (bicyclic) bond motifs is 1. The van der Waals surface area contributed by atoms with Crippen molar-refractivity contribution in [3.05, 3.63) is 48.3 Å². The van der Waals surface area contributed by atoms with E-state index in [0.29, 0.717) is 35.4 Å². The van der Waals surface area contributed by atoms with Gasteiger partial charge in [-0.2, -0.15) is 8.42 Å². The normalized spacial score (nSPS) is 16.0. The number of pyridine rings is 1. The number of aromatic nitrogens is 2. The molecule has 9 nitrogen and oxygen atoms in total. The third-order valence-corrected chi connectivity index (χ3v) is 8.80. The van der Waals surface area contributed by atoms with Gasteiger partial charge in [-0.1, -0.05) is 24.8 Å². The fourth-order valence-electron chi connectivity index (χ4n) is 4.14. The molecule has 36 heavy (non-hydrogen) atoms. The molecule has 0 saturated heterocycles. The Labute approximate surface area is 216 Å². The van der Waals surface area contributed by atoms with Crippen molar-refractivity contribution >= 4 is 43.4 Å². The summed E-state index contributed by atoms with van der Waals surface area (Å²) in [6.45, 7) is 5.75. The summed E-state index contributed by atoms with van der Waals surface area (Å²) in [6.07, 6.45) is 2.59. The fraction of sp³-hybridized carbons (Fsp3) is 0.440. The molecule has 1 unspecified atom stereocenters. The standard InChI is InChI=1S/C25H33N5O4S2/c1-5-10-29(2)17-20-16-27-25(35-20)21-14-18-13-19(34-12-11-33-4)15-22(24(18)28-21)30(3)36(31,32)23-8-6-7-9-26-23/h6-9,13-15,20,28H,5,10-12,16-17H2,1-4H3. The Morgan fingerprint density at radius 3 is 2.75 bits per heavy atom. The van der Waals surface area contributed by atoms with E-state index in [0.717, 1.165) is 42.2 Å². The minimum absolute atomic E-state index is 0.0205. The number of benzene rings is 1. The lowest BCUT2D eigenvalue weighted by molar-refractivity contribution is 0.146. The van der Waals surface area contributed by atoms with E-state index in [-0.39, 0.29) is 5.03 Å². The molecule has 0 spiro atoms. The Morgan fingerprint density at radius 1 is 1.19 bits per heavy atom. The highest BCUT2D eigenvalue weighted by atomic mass is 32.2. The van der Waals surface area contributed by atoms with Crippen LogP contribution in [0.3, 0.4) is 0 Å². The minimum Gasteiger partial charge on any atom is -0.491 e. The SMILES string of the molecule is CCCN(C)CC1CN=C(c2cc3cc(OCCOC)cc(N(C)S(=O)(=O)c4ccccn4)c3[nH]2)S1. The Morgan fingerprint density at radius 2 is 2.03 bits per heavy atom. The smallest absolute Gasteiger partial charge is 0.281 e. The molecule has 2 aromatic heterocycles. The van der Waals surface area contributed by atoms with Crippen LogP contribution in [0.2, 0.25) is 0 Å². The number of aliphatic imine (C=N–C) groups is 1. The van der Waals surface area contributed by atoms with Gasteiger partial charge >= 0.3 is 0 Å². The summed E-state index contributed by atoms with van der Waals surface area (Å²) in [5.74, 6) is 0.559. The molecule has 0 radical (unpaired) electrons. The monoisotopic (exact) mass is 531 g/mol. The summed E-state index contributed by atoms with van der Waals surface area (Å²) in [5, 5.41) is 2.15. The molecule has 1 atom stereocenters. The van der Waals surface area contributed by atoms with Gasteiger partial charge in [0.15, 0.2) is 5.03 Å². The maximum atomic E-state index is 13.4. The number of nitrogens with zero attached hydrogens (tertiary/aromatic N) is 4. The van der Waals surface area contributed by atoms with Gasteiger partial charge in [0.25, 0.3) is 10.0 Å². The topological polar surface area (TPSA) is 100 Å². The average molecular weight is 532 g/mol. The molecular weight excluding hydrogens is 498 g/mol. The highest BCUT2D eigenvalue weighted by Gasteiger charge is 2.27. The summed E-state index contributed by atoms with van der Waals surface area (Å²) < 4.78 is 38.9. The fourth-order valence-corrected chi connectivity index (χ4v) is 6.45. The molecule has 194 valence electrons. The van der Waals surface area contributed by atoms with Gasteiger partial charge in [-0.15, -0.1) is 0 Å². The maximum Gasteiger partial charge on any atom is 0.281 e. The lowest BCUT2D eigenvalue weighted by atomic mass is 10.2. The molecule has 1 aromatic carbocycles. The predicted octanol–water partition coefficient (Wildman–Crippen LogP) is 3.62. The highest BCUT2D eigenvalue weighted by molar-refractivity contribution is 8.15. The molecule has 4 rings (SSSR count). The zero-order chi connectivity index (χ0) is 25.7. The largest absolute Gasteiger partial charge is 0.491 e. The van der Waals surface area contributed by atoms with E-state index in [2.05, 4.69) is 28.8 Å². The van der Waals surface area contributed by atoms with E-state index < -0.39 is 10.0 Å². The first-order valence-electron chi connectivity index (χ1n) is 11.9. The van der Waals surface area contributed by atoms with Crippen LogP contribution in [0.4, 0.5) is 5.69 Å². The summed E-state index contributed by atoms with van der Waals surface area (Å²) in [6, 6.07) is 10.5. The van der Waals surface area contributed by atoms with Crippen LogP contribution >= 0.6 is 11.8 Å². The number of aromatic amines is 1. The molecule has 11 heteroatoms. The van der Waals surface area contributed by atoms with Crippen molar-refractivity contribution in [1.29, 1.82) is 0 Å². The number of hydrogen-bond acceptors (Lipinski definition) is 8. The van der Waals surface area contributed by atoms with Crippen molar-refractivity contribution < 1.29 is 17.9 Å². The van der Waals surface area contributed by atoms with Crippen LogP contribution in [0.1, 0.15) is 19.0 Å². The first-order chi connectivity index (χ1) is 17.3. The van der Waals surface area contributed by atoms with Crippen molar-refractivity contribution in [2.75, 3.05) is 58.4 Å². The Hall–Kier alpha value is -2.60. The van der Waals surface area contributed by atoms with Crippen LogP contribution in [0.25, 0.3) is 10.9 Å². The van der Waals surface area contributed by atoms with Gasteiger partial charge in [0.2, 0.25) is 0 Å². The van der Waals surface area contributed by atoms with E-state index in [4.69, 9.17) is 14.5 Å². The molecule has 0 fully saturated rings. The van der Waals surface area contributed by atoms with E-state index in [9.17, 15) is 8.42 Å². The Kier molecular flexibility index (Phi) is 8.55. The van der Waals surface area contributed by atoms with Gasteiger partial charge in [-0.05, 0) is 44.3 Å². The van der Waals surface area contributed by atoms with E-state index in [1.165, 1.54) is 23.6 Å². The Bertz CT molecular complexity index is 1310. The second-order valence-electron chi connectivity index (χ2n) is 8.72. The van der Waals surface area contributed by atoms with Gasteiger partial charge in [0, 0.05) is 43.6 Å². The quantitative estimate of drug-likeness (QED) is 0.356. The molecular formula is C25H33N5O4S2. The molecule has 3 heterocycles. The van der Waals surface area contributed by atoms with Crippen LogP contribution in [-0.2, 0) is 14.8 Å². The lowest BCUT2D eigenvalue weighted by Gasteiger charge is -2.20. The van der Waals surface area contributed by atoms with E-state index >= 15 is 0 Å². The van der Waals surface area contributed by atoms with Crippen molar-refractivity contribution in [1.82, 2.24) is 14.9 Å². The first-order valence-corrected chi connectivity index (χ1v) is 14.2. The highest BCUT2D eigenvalue weighted by Crippen LogP contribution is 2.36. The number of nitrogens with one attached hydrogen (secondary N) is 1. The number of thioether (sulfide) groups is 1. The van der Waals surface area contributed by atoms with Gasteiger partial charge in [0.05, 0.1) is 30.0 Å². The summed E-state index contributed by atoms with van der Waals surface area (Å²) in [4.78, 5) is 14.6. The predicted molar refractivity (Wildman–Crippen MR) is 146 cm³/mol. The summed E-state index contributed by atoms with van der Waals surface area (Å²) >= 11 is 1.76. The van der Waals surface area contributed by atoms with Crippen LogP contribution in [0, 0.1) is 0 Å². The average Bonchev–Trinajstić information content (AvgIpc) is 3.51. The number of hydrogen-bond donors (Lipinski definition) is 1. The van der Waals surface area contributed by atoms with Crippen LogP contribution in [0.5, 0.6) is 5.75 Å². The van der Waals surface area contributed by atoms with Crippen LogP contribution in [-0.4, -0.2) is 87.6 Å². The third-order valence-electron chi connectivity index (χ3n) is 5.91. The van der Waals surface area contributed by atoms with Gasteiger partial charge in [0.1, 0.15) is 17.4 Å². The van der Waals surface area contributed by atoms with E-state index in [1.54, 1.807) is 37.1 Å². The molecule has 0 saturated carbocycles. The minimum atomic E-state index is -3.88. The number of methoxy groups -OCH3 is 1. The molecule has 1 aliphatic heterocycles. The molecule has 1 aliphatic rings. The summed E-state index contributed by atoms with van der Waals surface area (Å²) in [7, 11) is 1.39. The zero-order valence-corrected chi connectivity index (χ0v) is 22.7. The van der Waals surface area contributed by atoms with Gasteiger partial charge in [-0.3, -0.25) is 9.30 Å². The molecule has 3 aromatic rings. The Balaban J connectivity index is 1.68. The number of sulfonamides is 1.